The minimum absolute atomic E-state index is 0.0397. The zero-order valence-electron chi connectivity index (χ0n) is 18.9. The first-order valence-electron chi connectivity index (χ1n) is 10.3. The number of azo groups is 1. The molecule has 12 nitrogen and oxygen atoms in total. The molecule has 4 rings (SSSR count). The van der Waals surface area contributed by atoms with Gasteiger partial charge in [-0.1, -0.05) is 11.6 Å². The van der Waals surface area contributed by atoms with Crippen molar-refractivity contribution in [2.24, 2.45) is 15.3 Å². The van der Waals surface area contributed by atoms with Crippen LogP contribution in [0.15, 0.2) is 81.2 Å². The zero-order valence-corrected chi connectivity index (χ0v) is 20.4. The number of halogens is 1. The Labute approximate surface area is 210 Å². The van der Waals surface area contributed by atoms with Crippen molar-refractivity contribution in [1.29, 1.82) is 0 Å². The van der Waals surface area contributed by atoms with Gasteiger partial charge in [-0.25, -0.2) is 18.4 Å². The number of benzene rings is 2. The molecule has 2 heterocycles. The van der Waals surface area contributed by atoms with Crippen molar-refractivity contribution in [1.82, 2.24) is 15.0 Å². The summed E-state index contributed by atoms with van der Waals surface area (Å²) in [4.78, 5) is 33.0. The van der Waals surface area contributed by atoms with Crippen LogP contribution in [-0.4, -0.2) is 54.1 Å². The van der Waals surface area contributed by atoms with E-state index in [1.54, 1.807) is 6.92 Å². The Morgan fingerprint density at radius 2 is 1.81 bits per heavy atom. The topological polar surface area (TPSA) is 156 Å². The number of sulfonamides is 1. The minimum Gasteiger partial charge on any atom is -0.481 e. The molecule has 0 spiro atoms. The molecule has 14 heteroatoms. The van der Waals surface area contributed by atoms with Crippen molar-refractivity contribution in [3.8, 4) is 5.88 Å². The molecule has 1 atom stereocenters. The Balaban J connectivity index is 1.45. The maximum Gasteiger partial charge on any atom is 0.282 e. The van der Waals surface area contributed by atoms with Gasteiger partial charge in [0.15, 0.2) is 6.04 Å². The highest BCUT2D eigenvalue weighted by atomic mass is 35.5. The van der Waals surface area contributed by atoms with E-state index in [0.29, 0.717) is 10.7 Å². The lowest BCUT2D eigenvalue weighted by atomic mass is 10.2. The Bertz CT molecular complexity index is 1480. The molecule has 1 N–H and O–H groups in total. The summed E-state index contributed by atoms with van der Waals surface area (Å²) in [6, 6.07) is 11.8. The normalized spacial score (nSPS) is 15.8. The summed E-state index contributed by atoms with van der Waals surface area (Å²) in [6.07, 6.45) is 1.17. The van der Waals surface area contributed by atoms with Crippen LogP contribution in [0.2, 0.25) is 5.02 Å². The van der Waals surface area contributed by atoms with Gasteiger partial charge in [0.1, 0.15) is 12.1 Å². The van der Waals surface area contributed by atoms with E-state index in [9.17, 15) is 18.0 Å². The van der Waals surface area contributed by atoms with Gasteiger partial charge in [-0.3, -0.25) is 14.3 Å². The van der Waals surface area contributed by atoms with Gasteiger partial charge in [-0.15, -0.1) is 0 Å². The van der Waals surface area contributed by atoms with E-state index in [4.69, 9.17) is 16.3 Å². The van der Waals surface area contributed by atoms with Crippen LogP contribution in [0.25, 0.3) is 0 Å². The molecule has 3 aromatic rings. The number of ether oxygens (including phenoxy) is 1. The smallest absolute Gasteiger partial charge is 0.282 e. The third-order valence-electron chi connectivity index (χ3n) is 4.91. The lowest BCUT2D eigenvalue weighted by molar-refractivity contribution is -0.127. The molecule has 0 radical (unpaired) electrons. The number of imide groups is 1. The Morgan fingerprint density at radius 3 is 2.47 bits per heavy atom. The first-order chi connectivity index (χ1) is 17.2. The number of rotatable bonds is 7. The molecular formula is C22H18ClN7O5S. The first kappa shape index (κ1) is 24.9. The van der Waals surface area contributed by atoms with Gasteiger partial charge in [0.2, 0.25) is 5.88 Å². The largest absolute Gasteiger partial charge is 0.481 e. The molecular weight excluding hydrogens is 510 g/mol. The van der Waals surface area contributed by atoms with Gasteiger partial charge in [0.25, 0.3) is 21.8 Å². The summed E-state index contributed by atoms with van der Waals surface area (Å²) in [5, 5.41) is 13.2. The molecule has 36 heavy (non-hydrogen) atoms. The Morgan fingerprint density at radius 1 is 1.11 bits per heavy atom. The number of hydrazone groups is 1. The highest BCUT2D eigenvalue weighted by Crippen LogP contribution is 2.23. The van der Waals surface area contributed by atoms with Crippen LogP contribution in [0, 0.1) is 0 Å². The van der Waals surface area contributed by atoms with E-state index in [0.717, 1.165) is 5.01 Å². The molecule has 1 aromatic heterocycles. The number of hydrogen-bond donors (Lipinski definition) is 1. The summed E-state index contributed by atoms with van der Waals surface area (Å²) < 4.78 is 32.5. The lowest BCUT2D eigenvalue weighted by Crippen LogP contribution is -2.34. The number of amides is 2. The number of carbonyl (C=O) groups is 2. The summed E-state index contributed by atoms with van der Waals surface area (Å²) in [6.45, 7) is 1.56. The predicted molar refractivity (Wildman–Crippen MR) is 130 cm³/mol. The Kier molecular flexibility index (Phi) is 7.03. The highest BCUT2D eigenvalue weighted by molar-refractivity contribution is 7.92. The first-order valence-corrected chi connectivity index (χ1v) is 12.1. The molecule has 0 saturated carbocycles. The van der Waals surface area contributed by atoms with Gasteiger partial charge in [-0.2, -0.15) is 20.3 Å². The summed E-state index contributed by atoms with van der Waals surface area (Å²) in [7, 11) is -2.54. The second-order valence-corrected chi connectivity index (χ2v) is 9.49. The third kappa shape index (κ3) is 5.37. The molecule has 0 aliphatic carbocycles. The second-order valence-electron chi connectivity index (χ2n) is 7.37. The monoisotopic (exact) mass is 527 g/mol. The van der Waals surface area contributed by atoms with E-state index in [1.807, 2.05) is 0 Å². The van der Waals surface area contributed by atoms with Crippen molar-refractivity contribution < 1.29 is 22.7 Å². The van der Waals surface area contributed by atoms with Crippen molar-refractivity contribution in [2.45, 2.75) is 17.9 Å². The average molecular weight is 528 g/mol. The van der Waals surface area contributed by atoms with Crippen LogP contribution in [-0.2, 0) is 14.8 Å². The minimum atomic E-state index is -3.94. The number of anilines is 1. The van der Waals surface area contributed by atoms with E-state index < -0.39 is 27.9 Å². The van der Waals surface area contributed by atoms with Crippen LogP contribution < -0.4 is 9.46 Å². The maximum absolute atomic E-state index is 12.7. The van der Waals surface area contributed by atoms with Crippen LogP contribution in [0.4, 0.5) is 11.5 Å². The predicted octanol–water partition coefficient (Wildman–Crippen LogP) is 3.45. The molecule has 0 bridgehead atoms. The third-order valence-corrected chi connectivity index (χ3v) is 6.53. The van der Waals surface area contributed by atoms with Crippen LogP contribution in [0.1, 0.15) is 17.3 Å². The summed E-state index contributed by atoms with van der Waals surface area (Å²) in [5.41, 5.74) is 0.822. The SMILES string of the molecule is COc1cc(NS(=O)(=O)c2ccc(/N=N/C3C(=O)N(C(=O)c4ccc(Cl)cc4)N=C3C)cc2)ncn1. The molecule has 1 unspecified atom stereocenters. The average Bonchev–Trinajstić information content (AvgIpc) is 3.15. The molecule has 1 aliphatic rings. The summed E-state index contributed by atoms with van der Waals surface area (Å²) in [5.74, 6) is -1.03. The van der Waals surface area contributed by atoms with Crippen LogP contribution in [0.3, 0.4) is 0 Å². The van der Waals surface area contributed by atoms with Gasteiger partial charge >= 0.3 is 0 Å². The number of carbonyl (C=O) groups excluding carboxylic acids is 2. The number of hydrogen-bond acceptors (Lipinski definition) is 10. The van der Waals surface area contributed by atoms with Gasteiger partial charge < -0.3 is 4.74 Å². The highest BCUT2D eigenvalue weighted by Gasteiger charge is 2.38. The molecule has 2 aromatic carbocycles. The maximum atomic E-state index is 12.7. The molecule has 2 amide bonds. The van der Waals surface area contributed by atoms with Gasteiger partial charge in [0.05, 0.1) is 23.4 Å². The van der Waals surface area contributed by atoms with Crippen molar-refractivity contribution in [2.75, 3.05) is 11.8 Å². The van der Waals surface area contributed by atoms with E-state index >= 15 is 0 Å². The van der Waals surface area contributed by atoms with E-state index in [-0.39, 0.29) is 27.9 Å². The van der Waals surface area contributed by atoms with Gasteiger partial charge in [0, 0.05) is 16.7 Å². The number of nitrogens with zero attached hydrogens (tertiary/aromatic N) is 6. The number of nitrogens with one attached hydrogen (secondary N) is 1. The fourth-order valence-electron chi connectivity index (χ4n) is 3.07. The fraction of sp³-hybridized carbons (Fsp3) is 0.136. The molecule has 184 valence electrons. The zero-order chi connectivity index (χ0) is 25.9. The van der Waals surface area contributed by atoms with Crippen molar-refractivity contribution >= 4 is 50.7 Å². The van der Waals surface area contributed by atoms with Crippen molar-refractivity contribution in [3.05, 3.63) is 71.5 Å². The van der Waals surface area contributed by atoms with Crippen molar-refractivity contribution in [3.63, 3.8) is 0 Å². The second kappa shape index (κ2) is 10.2. The standard InChI is InChI=1S/C22H18ClN7O5S/c1-13-20(22(32)30(28-13)21(31)14-3-5-15(23)6-4-14)27-26-16-7-9-17(10-8-16)36(33,34)29-18-11-19(35-2)25-12-24-18/h3-12,20H,1-2H3,(H,24,25,29)/b27-26+. The Hall–Kier alpha value is -4.23. The van der Waals surface area contributed by atoms with E-state index in [1.165, 1.54) is 68.0 Å². The van der Waals surface area contributed by atoms with Crippen LogP contribution in [0.5, 0.6) is 5.88 Å². The summed E-state index contributed by atoms with van der Waals surface area (Å²) >= 11 is 5.84. The number of aromatic nitrogens is 2. The van der Waals surface area contributed by atoms with Crippen LogP contribution >= 0.6 is 11.6 Å². The number of methoxy groups -OCH3 is 1. The lowest BCUT2D eigenvalue weighted by Gasteiger charge is -2.10. The molecule has 0 fully saturated rings. The fourth-order valence-corrected chi connectivity index (χ4v) is 4.19. The molecule has 1 aliphatic heterocycles. The molecule has 0 saturated heterocycles. The quantitative estimate of drug-likeness (QED) is 0.364. The van der Waals surface area contributed by atoms with E-state index in [2.05, 4.69) is 30.0 Å². The van der Waals surface area contributed by atoms with Gasteiger partial charge in [-0.05, 0) is 55.5 Å².